The average Bonchev–Trinajstić information content (AvgIpc) is 2.88. The molecule has 0 radical (unpaired) electrons. The van der Waals surface area contributed by atoms with Crippen molar-refractivity contribution in [1.82, 2.24) is 0 Å². The van der Waals surface area contributed by atoms with E-state index in [9.17, 15) is 9.59 Å². The summed E-state index contributed by atoms with van der Waals surface area (Å²) in [4.78, 5) is 23.5. The van der Waals surface area contributed by atoms with E-state index in [2.05, 4.69) is 12.1 Å². The fourth-order valence-corrected chi connectivity index (χ4v) is 2.92. The molecule has 0 aliphatic heterocycles. The van der Waals surface area contributed by atoms with Gasteiger partial charge in [0, 0.05) is 12.8 Å². The number of nitrogens with two attached hydrogens (primary N) is 1. The maximum atomic E-state index is 12.1. The summed E-state index contributed by atoms with van der Waals surface area (Å²) >= 11 is 0. The Morgan fingerprint density at radius 2 is 2.14 bits per heavy atom. The number of ketones is 1. The van der Waals surface area contributed by atoms with E-state index in [0.29, 0.717) is 31.8 Å². The highest BCUT2D eigenvalue weighted by atomic mass is 16.5. The van der Waals surface area contributed by atoms with E-state index in [4.69, 9.17) is 10.5 Å². The SMILES string of the molecule is CCOC(=O)[C@@H](N)CCC(=O)C[C@@H]1CCc2ccccc21. The molecule has 4 heteroatoms. The van der Waals surface area contributed by atoms with Gasteiger partial charge in [0.25, 0.3) is 0 Å². The Kier molecular flexibility index (Phi) is 5.51. The van der Waals surface area contributed by atoms with Gasteiger partial charge >= 0.3 is 5.97 Å². The van der Waals surface area contributed by atoms with Crippen molar-refractivity contribution in [3.8, 4) is 0 Å². The van der Waals surface area contributed by atoms with E-state index >= 15 is 0 Å². The van der Waals surface area contributed by atoms with Crippen LogP contribution in [0.15, 0.2) is 24.3 Å². The maximum absolute atomic E-state index is 12.1. The Bertz CT molecular complexity index is 513. The minimum Gasteiger partial charge on any atom is -0.465 e. The zero-order valence-corrected chi connectivity index (χ0v) is 12.5. The molecule has 1 aromatic carbocycles. The number of hydrogen-bond donors (Lipinski definition) is 1. The molecule has 0 bridgehead atoms. The van der Waals surface area contributed by atoms with Gasteiger partial charge in [0.15, 0.2) is 0 Å². The lowest BCUT2D eigenvalue weighted by Gasteiger charge is -2.12. The van der Waals surface area contributed by atoms with Crippen molar-refractivity contribution in [1.29, 1.82) is 0 Å². The molecular weight excluding hydrogens is 266 g/mol. The molecule has 0 saturated carbocycles. The molecule has 0 amide bonds. The number of benzene rings is 1. The van der Waals surface area contributed by atoms with Crippen LogP contribution in [0.4, 0.5) is 0 Å². The topological polar surface area (TPSA) is 69.4 Å². The van der Waals surface area contributed by atoms with Crippen LogP contribution in [-0.2, 0) is 20.7 Å². The van der Waals surface area contributed by atoms with Gasteiger partial charge in [-0.1, -0.05) is 24.3 Å². The highest BCUT2D eigenvalue weighted by Gasteiger charge is 2.24. The smallest absolute Gasteiger partial charge is 0.322 e. The first-order valence-corrected chi connectivity index (χ1v) is 7.63. The molecule has 0 heterocycles. The van der Waals surface area contributed by atoms with Crippen LogP contribution in [0.1, 0.15) is 49.7 Å². The van der Waals surface area contributed by atoms with Crippen LogP contribution >= 0.6 is 0 Å². The van der Waals surface area contributed by atoms with Crippen LogP contribution in [0.2, 0.25) is 0 Å². The van der Waals surface area contributed by atoms with Crippen LogP contribution in [0.25, 0.3) is 0 Å². The summed E-state index contributed by atoms with van der Waals surface area (Å²) in [6, 6.07) is 7.63. The van der Waals surface area contributed by atoms with Crippen molar-refractivity contribution in [3.05, 3.63) is 35.4 Å². The van der Waals surface area contributed by atoms with Crippen molar-refractivity contribution in [2.24, 2.45) is 5.73 Å². The summed E-state index contributed by atoms with van der Waals surface area (Å²) in [6.45, 7) is 2.06. The van der Waals surface area contributed by atoms with Crippen molar-refractivity contribution in [2.45, 2.75) is 51.0 Å². The van der Waals surface area contributed by atoms with E-state index in [1.165, 1.54) is 11.1 Å². The Labute approximate surface area is 125 Å². The van der Waals surface area contributed by atoms with Gasteiger partial charge in [-0.05, 0) is 43.2 Å². The molecule has 1 aromatic rings. The van der Waals surface area contributed by atoms with Gasteiger partial charge in [0.05, 0.1) is 6.61 Å². The van der Waals surface area contributed by atoms with Crippen molar-refractivity contribution >= 4 is 11.8 Å². The zero-order valence-electron chi connectivity index (χ0n) is 12.5. The second-order valence-electron chi connectivity index (χ2n) is 5.57. The molecule has 1 aliphatic carbocycles. The Hall–Kier alpha value is -1.68. The number of ether oxygens (including phenoxy) is 1. The molecule has 4 nitrogen and oxygen atoms in total. The molecule has 0 unspecified atom stereocenters. The lowest BCUT2D eigenvalue weighted by atomic mass is 9.93. The van der Waals surface area contributed by atoms with Gasteiger partial charge in [0.2, 0.25) is 0 Å². The number of carbonyl (C=O) groups excluding carboxylic acids is 2. The van der Waals surface area contributed by atoms with Gasteiger partial charge in [-0.15, -0.1) is 0 Å². The van der Waals surface area contributed by atoms with E-state index in [0.717, 1.165) is 12.8 Å². The third-order valence-corrected chi connectivity index (χ3v) is 4.05. The first-order chi connectivity index (χ1) is 10.1. The van der Waals surface area contributed by atoms with Crippen LogP contribution in [-0.4, -0.2) is 24.4 Å². The molecule has 114 valence electrons. The summed E-state index contributed by atoms with van der Waals surface area (Å²) in [5, 5.41) is 0. The number of rotatable bonds is 7. The molecule has 0 saturated heterocycles. The maximum Gasteiger partial charge on any atom is 0.322 e. The van der Waals surface area contributed by atoms with E-state index in [1.807, 2.05) is 12.1 Å². The predicted octanol–water partition coefficient (Wildman–Crippen LogP) is 2.35. The molecule has 2 rings (SSSR count). The zero-order chi connectivity index (χ0) is 15.2. The number of hydrogen-bond acceptors (Lipinski definition) is 4. The lowest BCUT2D eigenvalue weighted by Crippen LogP contribution is -2.32. The van der Waals surface area contributed by atoms with Crippen molar-refractivity contribution in [3.63, 3.8) is 0 Å². The molecular formula is C17H23NO3. The lowest BCUT2D eigenvalue weighted by molar-refractivity contribution is -0.144. The number of fused-ring (bicyclic) bond motifs is 1. The molecule has 21 heavy (non-hydrogen) atoms. The number of carbonyl (C=O) groups is 2. The fraction of sp³-hybridized carbons (Fsp3) is 0.529. The van der Waals surface area contributed by atoms with Gasteiger partial charge in [-0.2, -0.15) is 0 Å². The van der Waals surface area contributed by atoms with Crippen LogP contribution in [0.5, 0.6) is 0 Å². The fourth-order valence-electron chi connectivity index (χ4n) is 2.92. The van der Waals surface area contributed by atoms with Crippen LogP contribution < -0.4 is 5.73 Å². The highest BCUT2D eigenvalue weighted by molar-refractivity contribution is 5.81. The molecule has 2 N–H and O–H groups in total. The molecule has 0 spiro atoms. The second-order valence-corrected chi connectivity index (χ2v) is 5.57. The first kappa shape index (κ1) is 15.7. The van der Waals surface area contributed by atoms with Crippen molar-refractivity contribution < 1.29 is 14.3 Å². The Balaban J connectivity index is 1.80. The van der Waals surface area contributed by atoms with Crippen molar-refractivity contribution in [2.75, 3.05) is 6.61 Å². The van der Waals surface area contributed by atoms with Gasteiger partial charge in [-0.3, -0.25) is 9.59 Å². The Morgan fingerprint density at radius 3 is 2.90 bits per heavy atom. The normalized spacial score (nSPS) is 18.1. The summed E-state index contributed by atoms with van der Waals surface area (Å²) in [5.74, 6) is 0.0838. The summed E-state index contributed by atoms with van der Waals surface area (Å²) in [6.07, 6.45) is 3.35. The largest absolute Gasteiger partial charge is 0.465 e. The van der Waals surface area contributed by atoms with E-state index in [-0.39, 0.29) is 5.78 Å². The quantitative estimate of drug-likeness (QED) is 0.782. The number of esters is 1. The average molecular weight is 289 g/mol. The minimum absolute atomic E-state index is 0.177. The van der Waals surface area contributed by atoms with Crippen LogP contribution in [0, 0.1) is 0 Å². The predicted molar refractivity (Wildman–Crippen MR) is 81.0 cm³/mol. The summed E-state index contributed by atoms with van der Waals surface area (Å²) in [5.41, 5.74) is 8.38. The molecule has 0 fully saturated rings. The highest BCUT2D eigenvalue weighted by Crippen LogP contribution is 2.35. The van der Waals surface area contributed by atoms with Gasteiger partial charge < -0.3 is 10.5 Å². The summed E-state index contributed by atoms with van der Waals surface area (Å²) in [7, 11) is 0. The van der Waals surface area contributed by atoms with Gasteiger partial charge in [-0.25, -0.2) is 0 Å². The monoisotopic (exact) mass is 289 g/mol. The third-order valence-electron chi connectivity index (χ3n) is 4.05. The standard InChI is InChI=1S/C17H23NO3/c1-2-21-17(20)16(18)10-9-14(19)11-13-8-7-12-5-3-4-6-15(12)13/h3-6,13,16H,2,7-11,18H2,1H3/t13-,16-/m0/s1. The number of aryl methyl sites for hydroxylation is 1. The second kappa shape index (κ2) is 7.36. The number of Topliss-reactive ketones (excluding diaryl/α,β-unsaturated/α-hetero) is 1. The third kappa shape index (κ3) is 4.14. The van der Waals surface area contributed by atoms with E-state index < -0.39 is 12.0 Å². The minimum atomic E-state index is -0.690. The summed E-state index contributed by atoms with van der Waals surface area (Å²) < 4.78 is 4.84. The molecule has 0 aromatic heterocycles. The first-order valence-electron chi connectivity index (χ1n) is 7.63. The van der Waals surface area contributed by atoms with Crippen LogP contribution in [0.3, 0.4) is 0 Å². The molecule has 2 atom stereocenters. The molecule has 1 aliphatic rings. The van der Waals surface area contributed by atoms with Gasteiger partial charge in [0.1, 0.15) is 11.8 Å². The van der Waals surface area contributed by atoms with E-state index in [1.54, 1.807) is 6.92 Å². The Morgan fingerprint density at radius 1 is 1.38 bits per heavy atom.